The van der Waals surface area contributed by atoms with Crippen molar-refractivity contribution in [2.75, 3.05) is 20.2 Å². The number of amides is 1. The van der Waals surface area contributed by atoms with E-state index in [1.54, 1.807) is 31.2 Å². The monoisotopic (exact) mass is 355 g/mol. The molecule has 0 saturated heterocycles. The third-order valence-corrected chi connectivity index (χ3v) is 3.63. The highest BCUT2D eigenvalue weighted by Gasteiger charge is 2.18. The van der Waals surface area contributed by atoms with Crippen molar-refractivity contribution in [1.29, 1.82) is 0 Å². The summed E-state index contributed by atoms with van der Waals surface area (Å²) in [5, 5.41) is 10.0. The molecule has 0 aromatic heterocycles. The Labute approximate surface area is 146 Å². The lowest BCUT2D eigenvalue weighted by atomic mass is 10.1. The largest absolute Gasteiger partial charge is 0.469 e. The predicted molar refractivity (Wildman–Crippen MR) is 89.9 cm³/mol. The van der Waals surface area contributed by atoms with Crippen LogP contribution in [0.2, 0.25) is 5.02 Å². The Hall–Kier alpha value is -1.92. The number of ketones is 1. The van der Waals surface area contributed by atoms with E-state index < -0.39 is 12.1 Å². The molecule has 6 nitrogen and oxygen atoms in total. The molecule has 7 heteroatoms. The summed E-state index contributed by atoms with van der Waals surface area (Å²) < 4.78 is 4.55. The number of hydrogen-bond acceptors (Lipinski definition) is 5. The quantitative estimate of drug-likeness (QED) is 0.541. The van der Waals surface area contributed by atoms with Gasteiger partial charge in [-0.25, -0.2) is 0 Å². The molecule has 1 unspecified atom stereocenters. The van der Waals surface area contributed by atoms with Crippen molar-refractivity contribution in [3.63, 3.8) is 0 Å². The van der Waals surface area contributed by atoms with E-state index in [0.717, 1.165) is 0 Å². The van der Waals surface area contributed by atoms with Gasteiger partial charge in [-0.15, -0.1) is 0 Å². The highest BCUT2D eigenvalue weighted by molar-refractivity contribution is 6.30. The number of nitrogens with zero attached hydrogens (tertiary/aromatic N) is 1. The van der Waals surface area contributed by atoms with Gasteiger partial charge in [-0.1, -0.05) is 11.6 Å². The van der Waals surface area contributed by atoms with Gasteiger partial charge in [-0.3, -0.25) is 14.4 Å². The van der Waals surface area contributed by atoms with Crippen LogP contribution < -0.4 is 0 Å². The van der Waals surface area contributed by atoms with Crippen molar-refractivity contribution in [3.05, 3.63) is 34.9 Å². The summed E-state index contributed by atoms with van der Waals surface area (Å²) in [6, 6.07) is 6.46. The number of esters is 1. The van der Waals surface area contributed by atoms with Crippen LogP contribution >= 0.6 is 11.6 Å². The Bertz CT molecular complexity index is 571. The minimum absolute atomic E-state index is 0.00928. The van der Waals surface area contributed by atoms with E-state index in [1.807, 2.05) is 0 Å². The second-order valence-corrected chi connectivity index (χ2v) is 5.88. The normalized spacial score (nSPS) is 11.7. The van der Waals surface area contributed by atoms with E-state index in [0.29, 0.717) is 10.6 Å². The van der Waals surface area contributed by atoms with E-state index in [2.05, 4.69) is 4.74 Å². The Morgan fingerprint density at radius 1 is 1.17 bits per heavy atom. The van der Waals surface area contributed by atoms with E-state index >= 15 is 0 Å². The van der Waals surface area contributed by atoms with Crippen molar-refractivity contribution in [1.82, 2.24) is 4.90 Å². The molecule has 132 valence electrons. The molecular formula is C17H22ClNO5. The fourth-order valence-electron chi connectivity index (χ4n) is 2.12. The van der Waals surface area contributed by atoms with Crippen LogP contribution in [0, 0.1) is 0 Å². The number of ether oxygens (including phenoxy) is 1. The highest BCUT2D eigenvalue weighted by Crippen LogP contribution is 2.12. The van der Waals surface area contributed by atoms with E-state index in [1.165, 1.54) is 12.0 Å². The van der Waals surface area contributed by atoms with Crippen LogP contribution in [0.15, 0.2) is 24.3 Å². The van der Waals surface area contributed by atoms with Gasteiger partial charge in [0, 0.05) is 36.5 Å². The molecule has 1 N–H and O–H groups in total. The number of methoxy groups -OCH3 is 1. The minimum atomic E-state index is -0.724. The van der Waals surface area contributed by atoms with Crippen molar-refractivity contribution >= 4 is 29.3 Å². The molecule has 1 aromatic carbocycles. The topological polar surface area (TPSA) is 83.9 Å². The van der Waals surface area contributed by atoms with Gasteiger partial charge >= 0.3 is 5.97 Å². The van der Waals surface area contributed by atoms with E-state index in [9.17, 15) is 19.5 Å². The zero-order valence-corrected chi connectivity index (χ0v) is 14.6. The maximum absolute atomic E-state index is 12.3. The van der Waals surface area contributed by atoms with Crippen LogP contribution in [-0.4, -0.2) is 54.0 Å². The van der Waals surface area contributed by atoms with Gasteiger partial charge < -0.3 is 14.7 Å². The molecular weight excluding hydrogens is 334 g/mol. The van der Waals surface area contributed by atoms with Crippen LogP contribution in [0.5, 0.6) is 0 Å². The minimum Gasteiger partial charge on any atom is -0.469 e. The zero-order chi connectivity index (χ0) is 18.1. The third kappa shape index (κ3) is 7.10. The van der Waals surface area contributed by atoms with Crippen molar-refractivity contribution < 1.29 is 24.2 Å². The fraction of sp³-hybridized carbons (Fsp3) is 0.471. The molecule has 0 heterocycles. The smallest absolute Gasteiger partial charge is 0.307 e. The van der Waals surface area contributed by atoms with Gasteiger partial charge in [0.25, 0.3) is 0 Å². The first-order valence-corrected chi connectivity index (χ1v) is 8.02. The van der Waals surface area contributed by atoms with Crippen molar-refractivity contribution in [3.8, 4) is 0 Å². The summed E-state index contributed by atoms with van der Waals surface area (Å²) in [5.74, 6) is -0.886. The zero-order valence-electron chi connectivity index (χ0n) is 13.8. The summed E-state index contributed by atoms with van der Waals surface area (Å²) in [6.45, 7) is 1.80. The average molecular weight is 356 g/mol. The summed E-state index contributed by atoms with van der Waals surface area (Å²) in [5.41, 5.74) is 0.490. The number of hydrogen-bond donors (Lipinski definition) is 1. The van der Waals surface area contributed by atoms with E-state index in [-0.39, 0.29) is 44.0 Å². The molecule has 0 spiro atoms. The van der Waals surface area contributed by atoms with Crippen LogP contribution in [0.25, 0.3) is 0 Å². The molecule has 24 heavy (non-hydrogen) atoms. The summed E-state index contributed by atoms with van der Waals surface area (Å²) in [4.78, 5) is 36.9. The lowest BCUT2D eigenvalue weighted by Gasteiger charge is -2.23. The highest BCUT2D eigenvalue weighted by atomic mass is 35.5. The molecule has 0 fully saturated rings. The Balaban J connectivity index is 2.58. The van der Waals surface area contributed by atoms with Gasteiger partial charge in [0.05, 0.1) is 19.6 Å². The van der Waals surface area contributed by atoms with Crippen LogP contribution in [0.3, 0.4) is 0 Å². The van der Waals surface area contributed by atoms with Crippen molar-refractivity contribution in [2.24, 2.45) is 0 Å². The Morgan fingerprint density at radius 3 is 2.33 bits per heavy atom. The lowest BCUT2D eigenvalue weighted by molar-refractivity contribution is -0.142. The molecule has 0 aliphatic rings. The van der Waals surface area contributed by atoms with Gasteiger partial charge in [0.2, 0.25) is 5.91 Å². The van der Waals surface area contributed by atoms with Crippen LogP contribution in [-0.2, 0) is 14.3 Å². The SMILES string of the molecule is COC(=O)CCN(CC(C)O)C(=O)CCC(=O)c1ccc(Cl)cc1. The second kappa shape index (κ2) is 10.1. The third-order valence-electron chi connectivity index (χ3n) is 3.38. The number of rotatable bonds is 9. The number of Topliss-reactive ketones (excluding diaryl/α,β-unsaturated/α-hetero) is 1. The first-order chi connectivity index (χ1) is 11.3. The van der Waals surface area contributed by atoms with Gasteiger partial charge in [-0.2, -0.15) is 0 Å². The molecule has 0 radical (unpaired) electrons. The molecule has 1 amide bonds. The van der Waals surface area contributed by atoms with Crippen LogP contribution in [0.1, 0.15) is 36.5 Å². The predicted octanol–water partition coefficient (Wildman–Crippen LogP) is 2.08. The number of carbonyl (C=O) groups is 3. The second-order valence-electron chi connectivity index (χ2n) is 5.44. The molecule has 1 aromatic rings. The maximum atomic E-state index is 12.3. The Morgan fingerprint density at radius 2 is 1.79 bits per heavy atom. The summed E-state index contributed by atoms with van der Waals surface area (Å²) >= 11 is 5.77. The van der Waals surface area contributed by atoms with Crippen molar-refractivity contribution in [2.45, 2.75) is 32.3 Å². The standard InChI is InChI=1S/C17H22ClNO5/c1-12(20)11-19(10-9-17(23)24-2)16(22)8-7-15(21)13-3-5-14(18)6-4-13/h3-6,12,20H,7-11H2,1-2H3. The lowest BCUT2D eigenvalue weighted by Crippen LogP contribution is -2.38. The maximum Gasteiger partial charge on any atom is 0.307 e. The number of carbonyl (C=O) groups excluding carboxylic acids is 3. The fourth-order valence-corrected chi connectivity index (χ4v) is 2.25. The van der Waals surface area contributed by atoms with Gasteiger partial charge in [0.1, 0.15) is 0 Å². The average Bonchev–Trinajstić information content (AvgIpc) is 2.56. The molecule has 1 atom stereocenters. The first kappa shape index (κ1) is 20.1. The molecule has 0 aliphatic heterocycles. The van der Waals surface area contributed by atoms with Crippen LogP contribution in [0.4, 0.5) is 0 Å². The Kier molecular flexibility index (Phi) is 8.43. The summed E-state index contributed by atoms with van der Waals surface area (Å²) in [6.07, 6.45) is -0.622. The van der Waals surface area contributed by atoms with Gasteiger partial charge in [-0.05, 0) is 31.2 Å². The number of aliphatic hydroxyl groups excluding tert-OH is 1. The number of halogens is 1. The number of benzene rings is 1. The molecule has 0 aliphatic carbocycles. The van der Waals surface area contributed by atoms with E-state index in [4.69, 9.17) is 11.6 Å². The molecule has 0 saturated carbocycles. The van der Waals surface area contributed by atoms with Gasteiger partial charge in [0.15, 0.2) is 5.78 Å². The number of aliphatic hydroxyl groups is 1. The molecule has 1 rings (SSSR count). The first-order valence-electron chi connectivity index (χ1n) is 7.65. The molecule has 0 bridgehead atoms. The summed E-state index contributed by atoms with van der Waals surface area (Å²) in [7, 11) is 1.27.